The van der Waals surface area contributed by atoms with E-state index >= 15 is 0 Å². The molecule has 4 rings (SSSR count). The summed E-state index contributed by atoms with van der Waals surface area (Å²) >= 11 is 2.74. The molecule has 1 saturated heterocycles. The second-order valence-corrected chi connectivity index (χ2v) is 9.69. The van der Waals surface area contributed by atoms with E-state index in [2.05, 4.69) is 26.6 Å². The SMILES string of the molecule is C[C@@H]1CC[C@](C(=O)c2cscc2-c2ncccn2)(c2cc(C(C)(C)O)sn2)CN1. The summed E-state index contributed by atoms with van der Waals surface area (Å²) in [5, 5.41) is 17.7. The van der Waals surface area contributed by atoms with Gasteiger partial charge in [0.1, 0.15) is 0 Å². The highest BCUT2D eigenvalue weighted by molar-refractivity contribution is 7.08. The van der Waals surface area contributed by atoms with Gasteiger partial charge in [-0.1, -0.05) is 0 Å². The van der Waals surface area contributed by atoms with E-state index in [1.54, 1.807) is 32.3 Å². The zero-order chi connectivity index (χ0) is 20.6. The van der Waals surface area contributed by atoms with Crippen molar-refractivity contribution in [3.63, 3.8) is 0 Å². The molecule has 0 amide bonds. The van der Waals surface area contributed by atoms with Crippen molar-refractivity contribution >= 4 is 28.7 Å². The van der Waals surface area contributed by atoms with Crippen molar-refractivity contribution in [2.24, 2.45) is 0 Å². The number of aromatic nitrogens is 3. The Morgan fingerprint density at radius 1 is 1.31 bits per heavy atom. The number of aliphatic hydroxyl groups is 1. The first kappa shape index (κ1) is 20.3. The van der Waals surface area contributed by atoms with Crippen LogP contribution >= 0.6 is 22.9 Å². The molecule has 2 atom stereocenters. The van der Waals surface area contributed by atoms with Gasteiger partial charge in [0.05, 0.1) is 21.6 Å². The van der Waals surface area contributed by atoms with Crippen molar-refractivity contribution in [3.8, 4) is 11.4 Å². The van der Waals surface area contributed by atoms with Crippen molar-refractivity contribution < 1.29 is 9.90 Å². The molecule has 1 aliphatic rings. The van der Waals surface area contributed by atoms with Crippen LogP contribution in [0.1, 0.15) is 54.5 Å². The van der Waals surface area contributed by atoms with Crippen LogP contribution in [-0.2, 0) is 11.0 Å². The summed E-state index contributed by atoms with van der Waals surface area (Å²) in [4.78, 5) is 23.4. The highest BCUT2D eigenvalue weighted by Crippen LogP contribution is 2.40. The van der Waals surface area contributed by atoms with Gasteiger partial charge in [0, 0.05) is 46.9 Å². The zero-order valence-electron chi connectivity index (χ0n) is 16.7. The second kappa shape index (κ2) is 7.68. The lowest BCUT2D eigenvalue weighted by Gasteiger charge is -2.37. The zero-order valence-corrected chi connectivity index (χ0v) is 18.3. The molecule has 0 spiro atoms. The van der Waals surface area contributed by atoms with E-state index in [0.29, 0.717) is 30.4 Å². The standard InChI is InChI=1S/C21H24N4O2S2/c1-13-5-6-21(12-24-13,16-9-17(29-25-16)20(2,3)27)18(26)14-10-28-11-15(14)19-22-7-4-8-23-19/h4,7-11,13,24,27H,5-6,12H2,1-3H3/t13-,21-/m1/s1. The molecule has 6 nitrogen and oxygen atoms in total. The molecule has 152 valence electrons. The number of piperidine rings is 1. The van der Waals surface area contributed by atoms with E-state index in [1.807, 2.05) is 16.8 Å². The second-order valence-electron chi connectivity index (χ2n) is 8.14. The van der Waals surface area contributed by atoms with Crippen LogP contribution in [0.25, 0.3) is 11.4 Å². The first-order chi connectivity index (χ1) is 13.8. The maximum absolute atomic E-state index is 14.0. The molecule has 0 saturated carbocycles. The van der Waals surface area contributed by atoms with Crippen molar-refractivity contribution in [1.29, 1.82) is 0 Å². The highest BCUT2D eigenvalue weighted by Gasteiger charge is 2.46. The number of Topliss-reactive ketones (excluding diaryl/α,β-unsaturated/α-hetero) is 1. The van der Waals surface area contributed by atoms with Crippen molar-refractivity contribution in [1.82, 2.24) is 19.7 Å². The van der Waals surface area contributed by atoms with E-state index in [1.165, 1.54) is 22.9 Å². The first-order valence-corrected chi connectivity index (χ1v) is 11.3. The van der Waals surface area contributed by atoms with Crippen molar-refractivity contribution in [2.45, 2.75) is 50.7 Å². The molecule has 0 radical (unpaired) electrons. The van der Waals surface area contributed by atoms with E-state index in [9.17, 15) is 9.90 Å². The van der Waals surface area contributed by atoms with E-state index < -0.39 is 11.0 Å². The minimum absolute atomic E-state index is 0.0354. The van der Waals surface area contributed by atoms with E-state index in [-0.39, 0.29) is 5.78 Å². The number of nitrogens with one attached hydrogen (secondary N) is 1. The molecule has 0 aliphatic carbocycles. The van der Waals surface area contributed by atoms with Gasteiger partial charge >= 0.3 is 0 Å². The first-order valence-electron chi connectivity index (χ1n) is 9.63. The van der Waals surface area contributed by atoms with Gasteiger partial charge in [0.25, 0.3) is 0 Å². The van der Waals surface area contributed by atoms with Gasteiger partial charge in [-0.2, -0.15) is 15.7 Å². The quantitative estimate of drug-likeness (QED) is 0.601. The Kier molecular flexibility index (Phi) is 5.37. The number of carbonyl (C=O) groups excluding carboxylic acids is 1. The smallest absolute Gasteiger partial charge is 0.177 e. The van der Waals surface area contributed by atoms with Crippen LogP contribution in [0.5, 0.6) is 0 Å². The fraction of sp³-hybridized carbons (Fsp3) is 0.429. The van der Waals surface area contributed by atoms with Crippen LogP contribution in [0.15, 0.2) is 35.3 Å². The number of ketones is 1. The molecular weight excluding hydrogens is 404 g/mol. The van der Waals surface area contributed by atoms with Gasteiger partial charge in [-0.05, 0) is 57.3 Å². The van der Waals surface area contributed by atoms with Crippen molar-refractivity contribution in [3.05, 3.63) is 51.4 Å². The Morgan fingerprint density at radius 3 is 2.69 bits per heavy atom. The molecule has 8 heteroatoms. The number of rotatable bonds is 5. The Labute approximate surface area is 178 Å². The molecular formula is C21H24N4O2S2. The van der Waals surface area contributed by atoms with Crippen LogP contribution in [-0.4, -0.2) is 37.8 Å². The largest absolute Gasteiger partial charge is 0.385 e. The summed E-state index contributed by atoms with van der Waals surface area (Å²) in [5.74, 6) is 0.591. The summed E-state index contributed by atoms with van der Waals surface area (Å²) in [5.41, 5.74) is 0.375. The summed E-state index contributed by atoms with van der Waals surface area (Å²) in [6.45, 7) is 6.13. The van der Waals surface area contributed by atoms with Crippen LogP contribution in [0.2, 0.25) is 0 Å². The molecule has 0 unspecified atom stereocenters. The fourth-order valence-electron chi connectivity index (χ4n) is 3.66. The van der Waals surface area contributed by atoms with Crippen LogP contribution < -0.4 is 5.32 Å². The average molecular weight is 429 g/mol. The molecule has 29 heavy (non-hydrogen) atoms. The van der Waals surface area contributed by atoms with E-state index in [4.69, 9.17) is 0 Å². The summed E-state index contributed by atoms with van der Waals surface area (Å²) in [6.07, 6.45) is 4.95. The Balaban J connectivity index is 1.79. The minimum Gasteiger partial charge on any atom is -0.385 e. The molecule has 1 fully saturated rings. The molecule has 0 bridgehead atoms. The number of hydrogen-bond acceptors (Lipinski definition) is 8. The van der Waals surface area contributed by atoms with Gasteiger partial charge in [-0.3, -0.25) is 4.79 Å². The van der Waals surface area contributed by atoms with Gasteiger partial charge < -0.3 is 10.4 Å². The highest BCUT2D eigenvalue weighted by atomic mass is 32.1. The summed E-state index contributed by atoms with van der Waals surface area (Å²) < 4.78 is 4.63. The fourth-order valence-corrected chi connectivity index (χ4v) is 5.28. The van der Waals surface area contributed by atoms with Gasteiger partial charge in [0.2, 0.25) is 0 Å². The maximum Gasteiger partial charge on any atom is 0.177 e. The summed E-state index contributed by atoms with van der Waals surface area (Å²) in [7, 11) is 0. The molecule has 1 aliphatic heterocycles. The number of carbonyl (C=O) groups is 1. The molecule has 3 aromatic heterocycles. The molecule has 4 heterocycles. The minimum atomic E-state index is -0.985. The van der Waals surface area contributed by atoms with Gasteiger partial charge in [-0.15, -0.1) is 0 Å². The predicted molar refractivity (Wildman–Crippen MR) is 115 cm³/mol. The Bertz CT molecular complexity index is 999. The third-order valence-corrected chi connectivity index (χ3v) is 7.35. The lowest BCUT2D eigenvalue weighted by molar-refractivity contribution is 0.0806. The number of nitrogens with zero attached hydrogens (tertiary/aromatic N) is 3. The Hall–Kier alpha value is -2.00. The van der Waals surface area contributed by atoms with Crippen LogP contribution in [0.3, 0.4) is 0 Å². The van der Waals surface area contributed by atoms with E-state index in [0.717, 1.165) is 22.6 Å². The van der Waals surface area contributed by atoms with Crippen LogP contribution in [0.4, 0.5) is 0 Å². The van der Waals surface area contributed by atoms with Crippen molar-refractivity contribution in [2.75, 3.05) is 6.54 Å². The maximum atomic E-state index is 14.0. The topological polar surface area (TPSA) is 88.0 Å². The third kappa shape index (κ3) is 3.77. The lowest BCUT2D eigenvalue weighted by atomic mass is 9.70. The number of hydrogen-bond donors (Lipinski definition) is 2. The van der Waals surface area contributed by atoms with Gasteiger partial charge in [0.15, 0.2) is 11.6 Å². The Morgan fingerprint density at radius 2 is 2.07 bits per heavy atom. The van der Waals surface area contributed by atoms with Gasteiger partial charge in [-0.25, -0.2) is 9.97 Å². The lowest BCUT2D eigenvalue weighted by Crippen LogP contribution is -2.52. The predicted octanol–water partition coefficient (Wildman–Crippen LogP) is 3.78. The molecule has 0 aromatic carbocycles. The normalized spacial score (nSPS) is 22.6. The average Bonchev–Trinajstić information content (AvgIpc) is 3.39. The number of thiophene rings is 1. The molecule has 2 N–H and O–H groups in total. The third-order valence-electron chi connectivity index (χ3n) is 5.51. The molecule has 3 aromatic rings. The van der Waals surface area contributed by atoms with Crippen LogP contribution in [0, 0.1) is 0 Å². The summed E-state index contributed by atoms with van der Waals surface area (Å²) in [6, 6.07) is 4.01. The monoisotopic (exact) mass is 428 g/mol.